The summed E-state index contributed by atoms with van der Waals surface area (Å²) in [5.74, 6) is -0.450. The second kappa shape index (κ2) is 7.48. The molecule has 1 amide bonds. The number of nitrogens with one attached hydrogen (secondary N) is 1. The predicted octanol–water partition coefficient (Wildman–Crippen LogP) is 2.90. The highest BCUT2D eigenvalue weighted by Gasteiger charge is 2.22. The van der Waals surface area contributed by atoms with Crippen molar-refractivity contribution in [1.82, 2.24) is 9.88 Å². The molecule has 0 unspecified atom stereocenters. The summed E-state index contributed by atoms with van der Waals surface area (Å²) in [5.41, 5.74) is 8.89. The Labute approximate surface area is 163 Å². The van der Waals surface area contributed by atoms with Gasteiger partial charge in [-0.25, -0.2) is 0 Å². The molecule has 0 radical (unpaired) electrons. The summed E-state index contributed by atoms with van der Waals surface area (Å²) in [5, 5.41) is 11.4. The monoisotopic (exact) mass is 376 g/mol. The van der Waals surface area contributed by atoms with Crippen LogP contribution in [-0.2, 0) is 0 Å². The number of nitrogens with zero attached hydrogens (tertiary/aromatic N) is 2. The quantitative estimate of drug-likeness (QED) is 0.611. The van der Waals surface area contributed by atoms with Crippen molar-refractivity contribution in [3.05, 3.63) is 65.2 Å². The number of primary amides is 1. The van der Waals surface area contributed by atoms with Crippen LogP contribution in [0.15, 0.2) is 53.5 Å². The van der Waals surface area contributed by atoms with E-state index in [0.717, 1.165) is 48.1 Å². The van der Waals surface area contributed by atoms with Gasteiger partial charge in [-0.15, -0.1) is 0 Å². The van der Waals surface area contributed by atoms with Crippen LogP contribution in [0.1, 0.15) is 34.3 Å². The minimum absolute atomic E-state index is 0.0483. The van der Waals surface area contributed by atoms with Crippen molar-refractivity contribution in [3.63, 3.8) is 0 Å². The number of aromatic amines is 1. The molecule has 6 nitrogen and oxygen atoms in total. The van der Waals surface area contributed by atoms with E-state index in [0.29, 0.717) is 11.1 Å². The van der Waals surface area contributed by atoms with Crippen molar-refractivity contribution in [3.8, 4) is 5.88 Å². The maximum Gasteiger partial charge on any atom is 0.248 e. The van der Waals surface area contributed by atoms with Gasteiger partial charge in [0.1, 0.15) is 0 Å². The van der Waals surface area contributed by atoms with Crippen molar-refractivity contribution in [2.24, 2.45) is 10.7 Å². The summed E-state index contributed by atoms with van der Waals surface area (Å²) in [4.78, 5) is 22.0. The summed E-state index contributed by atoms with van der Waals surface area (Å²) < 4.78 is 0. The highest BCUT2D eigenvalue weighted by molar-refractivity contribution is 6.21. The fraction of sp³-hybridized carbons (Fsp3) is 0.273. The lowest BCUT2D eigenvalue weighted by Gasteiger charge is -2.27. The van der Waals surface area contributed by atoms with E-state index < -0.39 is 5.91 Å². The van der Waals surface area contributed by atoms with Crippen molar-refractivity contribution in [2.75, 3.05) is 20.1 Å². The smallest absolute Gasteiger partial charge is 0.248 e. The first kappa shape index (κ1) is 18.3. The van der Waals surface area contributed by atoms with Gasteiger partial charge in [-0.3, -0.25) is 9.79 Å². The molecule has 2 heterocycles. The Morgan fingerprint density at radius 2 is 1.86 bits per heavy atom. The Hall–Kier alpha value is -3.12. The number of carbonyl (C=O) groups is 1. The molecule has 0 spiro atoms. The van der Waals surface area contributed by atoms with Gasteiger partial charge in [0.2, 0.25) is 5.91 Å². The number of hydrogen-bond donors (Lipinski definition) is 3. The standard InChI is InChI=1S/C22H24N4O2/c1-26-11-9-16(10-12-26)24-20(14-5-3-2-4-6-14)19-17-13-15(21(23)27)7-8-18(17)25-22(19)28/h2-8,13,16,25,28H,9-12H2,1H3,(H2,23,27). The van der Waals surface area contributed by atoms with Gasteiger partial charge in [0.05, 0.1) is 17.3 Å². The third kappa shape index (κ3) is 3.51. The van der Waals surface area contributed by atoms with Gasteiger partial charge in [-0.1, -0.05) is 30.3 Å². The maximum absolute atomic E-state index is 11.7. The minimum Gasteiger partial charge on any atom is -0.494 e. The number of rotatable bonds is 4. The molecule has 1 aliphatic rings. The predicted molar refractivity (Wildman–Crippen MR) is 111 cm³/mol. The lowest BCUT2D eigenvalue weighted by atomic mass is 9.98. The first-order valence-corrected chi connectivity index (χ1v) is 9.49. The van der Waals surface area contributed by atoms with Crippen LogP contribution in [0.25, 0.3) is 10.9 Å². The van der Waals surface area contributed by atoms with Crippen LogP contribution in [0.3, 0.4) is 0 Å². The van der Waals surface area contributed by atoms with Gasteiger partial charge in [0.15, 0.2) is 5.88 Å². The first-order chi connectivity index (χ1) is 13.5. The van der Waals surface area contributed by atoms with Crippen molar-refractivity contribution >= 4 is 22.5 Å². The van der Waals surface area contributed by atoms with Gasteiger partial charge in [-0.05, 0) is 51.2 Å². The van der Waals surface area contributed by atoms with Crippen LogP contribution in [0, 0.1) is 0 Å². The highest BCUT2D eigenvalue weighted by Crippen LogP contribution is 2.31. The topological polar surface area (TPSA) is 94.7 Å². The number of aromatic nitrogens is 1. The molecule has 6 heteroatoms. The second-order valence-corrected chi connectivity index (χ2v) is 7.35. The molecule has 1 aliphatic heterocycles. The number of aliphatic imine (C=N–C) groups is 1. The van der Waals surface area contributed by atoms with E-state index in [2.05, 4.69) is 16.9 Å². The molecular formula is C22H24N4O2. The number of likely N-dealkylation sites (tertiary alicyclic amines) is 1. The molecule has 2 aromatic carbocycles. The summed E-state index contributed by atoms with van der Waals surface area (Å²) in [6, 6.07) is 15.2. The van der Waals surface area contributed by atoms with Gasteiger partial charge in [0.25, 0.3) is 0 Å². The molecule has 4 N–H and O–H groups in total. The number of benzene rings is 2. The molecule has 4 rings (SSSR count). The third-order valence-electron chi connectivity index (χ3n) is 5.35. The van der Waals surface area contributed by atoms with E-state index in [1.54, 1.807) is 18.2 Å². The molecule has 28 heavy (non-hydrogen) atoms. The zero-order valence-electron chi connectivity index (χ0n) is 15.9. The molecule has 0 saturated carbocycles. The van der Waals surface area contributed by atoms with Crippen molar-refractivity contribution in [1.29, 1.82) is 0 Å². The Morgan fingerprint density at radius 1 is 1.14 bits per heavy atom. The number of carbonyl (C=O) groups excluding carboxylic acids is 1. The van der Waals surface area contributed by atoms with E-state index in [1.165, 1.54) is 0 Å². The highest BCUT2D eigenvalue weighted by atomic mass is 16.3. The van der Waals surface area contributed by atoms with Gasteiger partial charge >= 0.3 is 0 Å². The Morgan fingerprint density at radius 3 is 2.54 bits per heavy atom. The number of H-pyrrole nitrogens is 1. The fourth-order valence-corrected chi connectivity index (χ4v) is 3.76. The zero-order chi connectivity index (χ0) is 19.7. The number of piperidine rings is 1. The molecule has 0 atom stereocenters. The van der Waals surface area contributed by atoms with Gasteiger partial charge < -0.3 is 20.7 Å². The number of fused-ring (bicyclic) bond motifs is 1. The Bertz CT molecular complexity index is 1030. The van der Waals surface area contributed by atoms with E-state index in [9.17, 15) is 9.90 Å². The summed E-state index contributed by atoms with van der Waals surface area (Å²) in [7, 11) is 2.12. The summed E-state index contributed by atoms with van der Waals surface area (Å²) in [6.07, 6.45) is 1.95. The average molecular weight is 376 g/mol. The normalized spacial score (nSPS) is 16.5. The minimum atomic E-state index is -0.498. The van der Waals surface area contributed by atoms with Crippen LogP contribution in [0.2, 0.25) is 0 Å². The molecule has 0 bridgehead atoms. The van der Waals surface area contributed by atoms with E-state index in [1.807, 2.05) is 30.3 Å². The van der Waals surface area contributed by atoms with Crippen molar-refractivity contribution in [2.45, 2.75) is 18.9 Å². The van der Waals surface area contributed by atoms with Crippen LogP contribution in [0.4, 0.5) is 0 Å². The molecule has 1 aromatic heterocycles. The number of aromatic hydroxyl groups is 1. The SMILES string of the molecule is CN1CCC(N=C(c2ccccc2)c2c(O)[nH]c3ccc(C(N)=O)cc23)CC1. The molecule has 0 aliphatic carbocycles. The van der Waals surface area contributed by atoms with Gasteiger partial charge in [-0.2, -0.15) is 0 Å². The van der Waals surface area contributed by atoms with Crippen LogP contribution in [0.5, 0.6) is 5.88 Å². The molecule has 3 aromatic rings. The van der Waals surface area contributed by atoms with Crippen LogP contribution >= 0.6 is 0 Å². The van der Waals surface area contributed by atoms with E-state index in [4.69, 9.17) is 10.7 Å². The first-order valence-electron chi connectivity index (χ1n) is 9.49. The zero-order valence-corrected chi connectivity index (χ0v) is 15.9. The number of hydrogen-bond acceptors (Lipinski definition) is 4. The Balaban J connectivity index is 1.88. The van der Waals surface area contributed by atoms with Crippen LogP contribution in [-0.4, -0.2) is 52.8 Å². The molecule has 1 saturated heterocycles. The average Bonchev–Trinajstić information content (AvgIpc) is 3.03. The van der Waals surface area contributed by atoms with E-state index >= 15 is 0 Å². The van der Waals surface area contributed by atoms with Crippen molar-refractivity contribution < 1.29 is 9.90 Å². The lowest BCUT2D eigenvalue weighted by Crippen LogP contribution is -2.32. The molecule has 1 fully saturated rings. The number of nitrogens with two attached hydrogens (primary N) is 1. The van der Waals surface area contributed by atoms with Gasteiger partial charge in [0, 0.05) is 22.0 Å². The summed E-state index contributed by atoms with van der Waals surface area (Å²) in [6.45, 7) is 2.00. The third-order valence-corrected chi connectivity index (χ3v) is 5.35. The largest absolute Gasteiger partial charge is 0.494 e. The fourth-order valence-electron chi connectivity index (χ4n) is 3.76. The molecular weight excluding hydrogens is 352 g/mol. The maximum atomic E-state index is 11.7. The van der Waals surface area contributed by atoms with Crippen LogP contribution < -0.4 is 5.73 Å². The summed E-state index contributed by atoms with van der Waals surface area (Å²) >= 11 is 0. The lowest BCUT2D eigenvalue weighted by molar-refractivity contribution is 0.100. The number of amides is 1. The van der Waals surface area contributed by atoms with E-state index in [-0.39, 0.29) is 11.9 Å². The molecule has 144 valence electrons. The second-order valence-electron chi connectivity index (χ2n) is 7.35. The Kier molecular flexibility index (Phi) is 4.88.